The second kappa shape index (κ2) is 7.79. The summed E-state index contributed by atoms with van der Waals surface area (Å²) in [5, 5.41) is 0.183. The number of piperidine rings is 1. The Morgan fingerprint density at radius 3 is 2.37 bits per heavy atom. The van der Waals surface area contributed by atoms with Gasteiger partial charge in [0.1, 0.15) is 0 Å². The monoisotopic (exact) mass is 398 g/mol. The topological polar surface area (TPSA) is 40.6 Å². The summed E-state index contributed by atoms with van der Waals surface area (Å²) in [6.45, 7) is 2.19. The van der Waals surface area contributed by atoms with E-state index in [1.807, 2.05) is 12.1 Å². The fourth-order valence-corrected chi connectivity index (χ4v) is 4.42. The number of imide groups is 1. The second-order valence-corrected chi connectivity index (χ2v) is 8.07. The zero-order valence-electron chi connectivity index (χ0n) is 14.7. The van der Waals surface area contributed by atoms with Gasteiger partial charge in [-0.05, 0) is 73.0 Å². The summed E-state index contributed by atoms with van der Waals surface area (Å²) >= 11 is 6.94. The fourth-order valence-electron chi connectivity index (χ4n) is 3.39. The van der Waals surface area contributed by atoms with Crippen LogP contribution in [0.5, 0.6) is 0 Å². The quantitative estimate of drug-likeness (QED) is 0.633. The SMILES string of the molecule is O=C1S/C(=C/c2ccc(N3CCCCC3)cc2)C(=O)N1c1cccc(Cl)c1. The maximum absolute atomic E-state index is 12.7. The molecule has 0 radical (unpaired) electrons. The molecule has 0 saturated carbocycles. The van der Waals surface area contributed by atoms with Gasteiger partial charge in [-0.1, -0.05) is 29.8 Å². The fraction of sp³-hybridized carbons (Fsp3) is 0.238. The molecule has 0 aliphatic carbocycles. The highest BCUT2D eigenvalue weighted by Crippen LogP contribution is 2.36. The molecule has 0 atom stereocenters. The van der Waals surface area contributed by atoms with Crippen LogP contribution in [0.15, 0.2) is 53.4 Å². The summed E-state index contributed by atoms with van der Waals surface area (Å²) in [5.74, 6) is -0.313. The Labute approximate surface area is 167 Å². The molecule has 2 aliphatic heterocycles. The lowest BCUT2D eigenvalue weighted by Gasteiger charge is -2.28. The minimum Gasteiger partial charge on any atom is -0.372 e. The minimum absolute atomic E-state index is 0.307. The molecule has 0 N–H and O–H groups in total. The molecule has 2 saturated heterocycles. The van der Waals surface area contributed by atoms with E-state index in [1.54, 1.807) is 30.3 Å². The first-order valence-electron chi connectivity index (χ1n) is 9.00. The Kier molecular flexibility index (Phi) is 5.23. The van der Waals surface area contributed by atoms with Crippen molar-refractivity contribution < 1.29 is 9.59 Å². The van der Waals surface area contributed by atoms with Gasteiger partial charge in [-0.3, -0.25) is 9.59 Å². The molecule has 0 aromatic heterocycles. The third-order valence-corrected chi connectivity index (χ3v) is 5.88. The number of carbonyl (C=O) groups is 2. The highest BCUT2D eigenvalue weighted by Gasteiger charge is 2.36. The molecule has 0 bridgehead atoms. The Hall–Kier alpha value is -2.24. The van der Waals surface area contributed by atoms with E-state index in [4.69, 9.17) is 11.6 Å². The molecule has 138 valence electrons. The van der Waals surface area contributed by atoms with Crippen LogP contribution in [0.4, 0.5) is 16.2 Å². The molecule has 2 aliphatic rings. The molecular formula is C21H19ClN2O2S. The Morgan fingerprint density at radius 2 is 1.67 bits per heavy atom. The van der Waals surface area contributed by atoms with E-state index in [0.29, 0.717) is 15.6 Å². The molecule has 4 rings (SSSR count). The number of amides is 2. The smallest absolute Gasteiger partial charge is 0.298 e. The molecule has 2 aromatic rings. The normalized spacial score (nSPS) is 19.2. The summed E-state index contributed by atoms with van der Waals surface area (Å²) in [6, 6.07) is 14.9. The number of benzene rings is 2. The van der Waals surface area contributed by atoms with Gasteiger partial charge in [0.15, 0.2) is 0 Å². The van der Waals surface area contributed by atoms with Crippen LogP contribution in [0.25, 0.3) is 6.08 Å². The molecule has 2 amide bonds. The summed E-state index contributed by atoms with van der Waals surface area (Å²) in [6.07, 6.45) is 5.55. The number of hydrogen-bond donors (Lipinski definition) is 0. The van der Waals surface area contributed by atoms with E-state index < -0.39 is 0 Å². The number of carbonyl (C=O) groups excluding carboxylic acids is 2. The molecule has 4 nitrogen and oxygen atoms in total. The average Bonchev–Trinajstić information content (AvgIpc) is 2.96. The number of thioether (sulfide) groups is 1. The van der Waals surface area contributed by atoms with Crippen LogP contribution >= 0.6 is 23.4 Å². The largest absolute Gasteiger partial charge is 0.372 e. The molecule has 27 heavy (non-hydrogen) atoms. The molecule has 2 fully saturated rings. The highest BCUT2D eigenvalue weighted by molar-refractivity contribution is 8.19. The Bertz CT molecular complexity index is 905. The molecule has 6 heteroatoms. The van der Waals surface area contributed by atoms with Crippen LogP contribution in [0.2, 0.25) is 5.02 Å². The van der Waals surface area contributed by atoms with E-state index in [2.05, 4.69) is 17.0 Å². The first-order chi connectivity index (χ1) is 13.1. The molecule has 2 aromatic carbocycles. The first-order valence-corrected chi connectivity index (χ1v) is 10.2. The van der Waals surface area contributed by atoms with Gasteiger partial charge >= 0.3 is 0 Å². The number of halogens is 1. The molecular weight excluding hydrogens is 380 g/mol. The molecule has 0 unspecified atom stereocenters. The van der Waals surface area contributed by atoms with Crippen LogP contribution in [0, 0.1) is 0 Å². The van der Waals surface area contributed by atoms with E-state index in [0.717, 1.165) is 30.4 Å². The van der Waals surface area contributed by atoms with Gasteiger partial charge in [0.05, 0.1) is 10.6 Å². The van der Waals surface area contributed by atoms with Gasteiger partial charge in [-0.25, -0.2) is 4.90 Å². The predicted octanol–water partition coefficient (Wildman–Crippen LogP) is 5.57. The van der Waals surface area contributed by atoms with Crippen molar-refractivity contribution >= 4 is 52.0 Å². The van der Waals surface area contributed by atoms with Crippen LogP contribution in [0.1, 0.15) is 24.8 Å². The van der Waals surface area contributed by atoms with Gasteiger partial charge in [-0.2, -0.15) is 0 Å². The standard InChI is InChI=1S/C21H19ClN2O2S/c22-16-5-4-6-18(14-16)24-20(25)19(27-21(24)26)13-15-7-9-17(10-8-15)23-11-2-1-3-12-23/h4-10,13-14H,1-3,11-12H2/b19-13+. The van der Waals surface area contributed by atoms with Gasteiger partial charge in [-0.15, -0.1) is 0 Å². The van der Waals surface area contributed by atoms with Gasteiger partial charge in [0.25, 0.3) is 11.1 Å². The van der Waals surface area contributed by atoms with Crippen molar-refractivity contribution in [2.45, 2.75) is 19.3 Å². The van der Waals surface area contributed by atoms with Crippen LogP contribution in [-0.2, 0) is 4.79 Å². The van der Waals surface area contributed by atoms with Crippen molar-refractivity contribution in [2.75, 3.05) is 22.9 Å². The van der Waals surface area contributed by atoms with E-state index in [1.165, 1.54) is 29.8 Å². The summed E-state index contributed by atoms with van der Waals surface area (Å²) in [4.78, 5) is 29.0. The van der Waals surface area contributed by atoms with Crippen molar-refractivity contribution in [3.63, 3.8) is 0 Å². The van der Waals surface area contributed by atoms with E-state index >= 15 is 0 Å². The third-order valence-electron chi connectivity index (χ3n) is 4.77. The number of anilines is 2. The predicted molar refractivity (Wildman–Crippen MR) is 112 cm³/mol. The summed E-state index contributed by atoms with van der Waals surface area (Å²) < 4.78 is 0. The molecule has 0 spiro atoms. The van der Waals surface area contributed by atoms with Crippen LogP contribution in [-0.4, -0.2) is 24.2 Å². The van der Waals surface area contributed by atoms with Crippen molar-refractivity contribution in [3.05, 3.63) is 64.0 Å². The van der Waals surface area contributed by atoms with Crippen LogP contribution in [0.3, 0.4) is 0 Å². The maximum Gasteiger partial charge on any atom is 0.298 e. The van der Waals surface area contributed by atoms with Crippen molar-refractivity contribution in [1.82, 2.24) is 0 Å². The third kappa shape index (κ3) is 3.89. The first kappa shape index (κ1) is 18.1. The average molecular weight is 399 g/mol. The van der Waals surface area contributed by atoms with Crippen molar-refractivity contribution in [1.29, 1.82) is 0 Å². The number of rotatable bonds is 3. The van der Waals surface area contributed by atoms with E-state index in [-0.39, 0.29) is 11.1 Å². The van der Waals surface area contributed by atoms with Gasteiger partial charge in [0, 0.05) is 23.8 Å². The zero-order chi connectivity index (χ0) is 18.8. The lowest BCUT2D eigenvalue weighted by molar-refractivity contribution is -0.113. The summed E-state index contributed by atoms with van der Waals surface area (Å²) in [5.41, 5.74) is 2.61. The lowest BCUT2D eigenvalue weighted by atomic mass is 10.1. The van der Waals surface area contributed by atoms with Crippen molar-refractivity contribution in [3.8, 4) is 0 Å². The van der Waals surface area contributed by atoms with Crippen molar-refractivity contribution in [2.24, 2.45) is 0 Å². The van der Waals surface area contributed by atoms with Gasteiger partial charge in [0.2, 0.25) is 0 Å². The number of hydrogen-bond acceptors (Lipinski definition) is 4. The van der Waals surface area contributed by atoms with E-state index in [9.17, 15) is 9.59 Å². The summed E-state index contributed by atoms with van der Waals surface area (Å²) in [7, 11) is 0. The Balaban J connectivity index is 1.54. The number of nitrogens with zero attached hydrogens (tertiary/aromatic N) is 2. The van der Waals surface area contributed by atoms with Crippen LogP contribution < -0.4 is 9.80 Å². The van der Waals surface area contributed by atoms with Gasteiger partial charge < -0.3 is 4.90 Å². The highest BCUT2D eigenvalue weighted by atomic mass is 35.5. The maximum atomic E-state index is 12.7. The minimum atomic E-state index is -0.313. The molecule has 2 heterocycles. The lowest BCUT2D eigenvalue weighted by Crippen LogP contribution is -2.29. The second-order valence-electron chi connectivity index (χ2n) is 6.64. The zero-order valence-corrected chi connectivity index (χ0v) is 16.3. The Morgan fingerprint density at radius 1 is 0.926 bits per heavy atom.